The van der Waals surface area contributed by atoms with Crippen molar-refractivity contribution in [2.45, 2.75) is 38.1 Å². The van der Waals surface area contributed by atoms with Gasteiger partial charge in [-0.1, -0.05) is 11.8 Å². The molecule has 0 saturated carbocycles. The maximum Gasteiger partial charge on any atom is 0.573 e. The van der Waals surface area contributed by atoms with Crippen molar-refractivity contribution >= 4 is 55.2 Å². The maximum atomic E-state index is 13.8. The Hall–Kier alpha value is -1.12. The number of thioether (sulfide) groups is 1. The van der Waals surface area contributed by atoms with E-state index < -0.39 is 46.5 Å². The van der Waals surface area contributed by atoms with Gasteiger partial charge in [0.05, 0.1) is 11.8 Å². The topological polar surface area (TPSA) is 64.8 Å². The zero-order chi connectivity index (χ0) is 22.3. The van der Waals surface area contributed by atoms with Crippen LogP contribution in [0.5, 0.6) is 5.75 Å². The minimum Gasteiger partial charge on any atom is -0.406 e. The smallest absolute Gasteiger partial charge is 0.406 e. The van der Waals surface area contributed by atoms with Gasteiger partial charge >= 0.3 is 12.5 Å². The van der Waals surface area contributed by atoms with E-state index in [1.807, 2.05) is 0 Å². The van der Waals surface area contributed by atoms with E-state index in [-0.39, 0.29) is 14.6 Å². The summed E-state index contributed by atoms with van der Waals surface area (Å²) in [6.07, 6.45) is -10.5. The molecule has 5 nitrogen and oxygen atoms in total. The molecule has 1 amide bonds. The Morgan fingerprint density at radius 3 is 2.07 bits per heavy atom. The molecular weight excluding hydrogens is 562 g/mol. The van der Waals surface area contributed by atoms with Crippen molar-refractivity contribution in [3.8, 4) is 5.75 Å². The quantitative estimate of drug-likeness (QED) is 0.463. The lowest BCUT2D eigenvalue weighted by Gasteiger charge is -2.32. The van der Waals surface area contributed by atoms with Crippen LogP contribution in [0.2, 0.25) is 0 Å². The fraction of sp³-hybridized carbons (Fsp3) is 0.400. The SMILES string of the molecule is CC(C)OC1SC(C(N)=O)=C(C(F)(F)F)N1c1c(Br)cc(OC(F)(F)F)cc1Br. The molecule has 162 valence electrons. The van der Waals surface area contributed by atoms with Crippen LogP contribution in [-0.4, -0.2) is 30.1 Å². The molecule has 1 heterocycles. The highest BCUT2D eigenvalue weighted by atomic mass is 79.9. The minimum atomic E-state index is -5.01. The van der Waals surface area contributed by atoms with Crippen LogP contribution in [0.25, 0.3) is 0 Å². The lowest BCUT2D eigenvalue weighted by atomic mass is 10.2. The van der Waals surface area contributed by atoms with Gasteiger partial charge in [-0.2, -0.15) is 13.2 Å². The minimum absolute atomic E-state index is 0.170. The molecular formula is C15H12Br2F6N2O3S. The van der Waals surface area contributed by atoms with Gasteiger partial charge in [0.15, 0.2) is 5.56 Å². The fourth-order valence-electron chi connectivity index (χ4n) is 2.37. The van der Waals surface area contributed by atoms with Gasteiger partial charge in [-0.05, 0) is 57.8 Å². The number of nitrogens with two attached hydrogens (primary N) is 1. The van der Waals surface area contributed by atoms with Crippen LogP contribution in [0.3, 0.4) is 0 Å². The van der Waals surface area contributed by atoms with Gasteiger partial charge in [0.2, 0.25) is 0 Å². The van der Waals surface area contributed by atoms with E-state index in [0.29, 0.717) is 16.7 Å². The highest BCUT2D eigenvalue weighted by molar-refractivity contribution is 9.11. The number of hydrogen-bond donors (Lipinski definition) is 1. The Labute approximate surface area is 181 Å². The second-order valence-electron chi connectivity index (χ2n) is 5.80. The van der Waals surface area contributed by atoms with E-state index >= 15 is 0 Å². The fourth-order valence-corrected chi connectivity index (χ4v) is 5.13. The highest BCUT2D eigenvalue weighted by Gasteiger charge is 2.51. The standard InChI is InChI=1S/C15H12Br2F6N2O3S/c1-5(2)27-13-25(11(14(18,19)20)10(29-13)12(24)26)9-7(16)3-6(4-8(9)17)28-15(21,22)23/h3-5,13H,1-2H3,(H2,24,26). The van der Waals surface area contributed by atoms with Crippen LogP contribution < -0.4 is 15.4 Å². The predicted octanol–water partition coefficient (Wildman–Crippen LogP) is 5.63. The van der Waals surface area contributed by atoms with Crippen LogP contribution in [0.15, 0.2) is 31.7 Å². The van der Waals surface area contributed by atoms with E-state index in [4.69, 9.17) is 10.5 Å². The third-order valence-electron chi connectivity index (χ3n) is 3.23. The Bertz CT molecular complexity index is 821. The lowest BCUT2D eigenvalue weighted by Crippen LogP contribution is -2.38. The highest BCUT2D eigenvalue weighted by Crippen LogP contribution is 2.52. The van der Waals surface area contributed by atoms with Crippen molar-refractivity contribution in [2.75, 3.05) is 4.90 Å². The molecule has 14 heteroatoms. The number of primary amides is 1. The molecule has 1 aliphatic heterocycles. The summed E-state index contributed by atoms with van der Waals surface area (Å²) in [5, 5.41) is 0. The molecule has 1 atom stereocenters. The summed E-state index contributed by atoms with van der Waals surface area (Å²) < 4.78 is 87.8. The summed E-state index contributed by atoms with van der Waals surface area (Å²) in [6, 6.07) is 1.70. The van der Waals surface area contributed by atoms with Gasteiger partial charge in [0.25, 0.3) is 5.91 Å². The molecule has 1 aromatic rings. The molecule has 2 N–H and O–H groups in total. The van der Waals surface area contributed by atoms with Crippen LogP contribution in [0.4, 0.5) is 32.0 Å². The normalized spacial score (nSPS) is 18.0. The number of carbonyl (C=O) groups excluding carboxylic acids is 1. The summed E-state index contributed by atoms with van der Waals surface area (Å²) in [5.74, 6) is -1.98. The first-order valence-electron chi connectivity index (χ1n) is 7.59. The third kappa shape index (κ3) is 5.73. The number of ether oxygens (including phenoxy) is 2. The molecule has 0 aliphatic carbocycles. The van der Waals surface area contributed by atoms with Crippen LogP contribution >= 0.6 is 43.6 Å². The second kappa shape index (κ2) is 8.55. The first-order valence-corrected chi connectivity index (χ1v) is 10.1. The summed E-state index contributed by atoms with van der Waals surface area (Å²) in [4.78, 5) is 11.5. The summed E-state index contributed by atoms with van der Waals surface area (Å²) in [5.41, 5.74) is 2.16. The van der Waals surface area contributed by atoms with Crippen molar-refractivity contribution in [3.63, 3.8) is 0 Å². The number of hydrogen-bond acceptors (Lipinski definition) is 5. The number of amides is 1. The van der Waals surface area contributed by atoms with E-state index in [1.165, 1.54) is 0 Å². The monoisotopic (exact) mass is 572 g/mol. The molecule has 29 heavy (non-hydrogen) atoms. The van der Waals surface area contributed by atoms with Gasteiger partial charge in [-0.15, -0.1) is 13.2 Å². The molecule has 0 aromatic heterocycles. The largest absolute Gasteiger partial charge is 0.573 e. The molecule has 1 aliphatic rings. The zero-order valence-corrected chi connectivity index (χ0v) is 18.5. The average Bonchev–Trinajstić information content (AvgIpc) is 2.83. The van der Waals surface area contributed by atoms with E-state index in [0.717, 1.165) is 12.1 Å². The Kier molecular flexibility index (Phi) is 7.12. The number of benzene rings is 1. The molecule has 0 fully saturated rings. The second-order valence-corrected chi connectivity index (χ2v) is 8.56. The lowest BCUT2D eigenvalue weighted by molar-refractivity contribution is -0.274. The zero-order valence-electron chi connectivity index (χ0n) is 14.5. The molecule has 0 spiro atoms. The van der Waals surface area contributed by atoms with Gasteiger partial charge in [-0.25, -0.2) is 0 Å². The van der Waals surface area contributed by atoms with E-state index in [2.05, 4.69) is 36.6 Å². The summed E-state index contributed by atoms with van der Waals surface area (Å²) in [6.45, 7) is 3.14. The van der Waals surface area contributed by atoms with Gasteiger partial charge in [0, 0.05) is 8.95 Å². The number of rotatable bonds is 5. The van der Waals surface area contributed by atoms with Crippen molar-refractivity contribution < 1.29 is 40.6 Å². The number of allylic oxidation sites excluding steroid dienone is 1. The van der Waals surface area contributed by atoms with Crippen LogP contribution in [-0.2, 0) is 9.53 Å². The van der Waals surface area contributed by atoms with Gasteiger partial charge in [0.1, 0.15) is 16.4 Å². The first kappa shape index (κ1) is 24.2. The molecule has 2 rings (SSSR count). The molecule has 0 bridgehead atoms. The summed E-state index contributed by atoms with van der Waals surface area (Å²) >= 11 is 6.39. The molecule has 0 radical (unpaired) electrons. The number of carbonyl (C=O) groups is 1. The Morgan fingerprint density at radius 1 is 1.17 bits per heavy atom. The molecule has 1 aromatic carbocycles. The van der Waals surface area contributed by atoms with Crippen molar-refractivity contribution in [3.05, 3.63) is 31.7 Å². The maximum absolute atomic E-state index is 13.8. The van der Waals surface area contributed by atoms with Crippen molar-refractivity contribution in [1.29, 1.82) is 0 Å². The van der Waals surface area contributed by atoms with Gasteiger partial charge in [-0.3, -0.25) is 9.69 Å². The average molecular weight is 574 g/mol. The molecule has 0 saturated heterocycles. The summed E-state index contributed by atoms with van der Waals surface area (Å²) in [7, 11) is 0. The van der Waals surface area contributed by atoms with Crippen LogP contribution in [0.1, 0.15) is 13.8 Å². The van der Waals surface area contributed by atoms with Crippen LogP contribution in [0, 0.1) is 0 Å². The Balaban J connectivity index is 2.67. The number of alkyl halides is 6. The first-order chi connectivity index (χ1) is 13.1. The molecule has 1 unspecified atom stereocenters. The Morgan fingerprint density at radius 2 is 1.69 bits per heavy atom. The van der Waals surface area contributed by atoms with Crippen molar-refractivity contribution in [2.24, 2.45) is 5.73 Å². The number of nitrogens with zero attached hydrogens (tertiary/aromatic N) is 1. The van der Waals surface area contributed by atoms with Gasteiger partial charge < -0.3 is 15.2 Å². The van der Waals surface area contributed by atoms with E-state index in [9.17, 15) is 31.1 Å². The number of anilines is 1. The van der Waals surface area contributed by atoms with Crippen molar-refractivity contribution in [1.82, 2.24) is 0 Å². The third-order valence-corrected chi connectivity index (χ3v) is 5.59. The predicted molar refractivity (Wildman–Crippen MR) is 101 cm³/mol. The van der Waals surface area contributed by atoms with E-state index in [1.54, 1.807) is 13.8 Å². The number of halogens is 8.